The number of rotatable bonds is 7. The topological polar surface area (TPSA) is 126 Å². The Labute approximate surface area is 213 Å². The molecule has 0 radical (unpaired) electrons. The van der Waals surface area contributed by atoms with Gasteiger partial charge < -0.3 is 29.9 Å². The van der Waals surface area contributed by atoms with Crippen molar-refractivity contribution in [2.24, 2.45) is 11.8 Å². The van der Waals surface area contributed by atoms with Gasteiger partial charge in [-0.3, -0.25) is 9.59 Å². The molecule has 1 amide bonds. The molecule has 36 heavy (non-hydrogen) atoms. The van der Waals surface area contributed by atoms with Gasteiger partial charge in [-0.2, -0.15) is 9.78 Å². The number of nitrogens with zero attached hydrogens (tertiary/aromatic N) is 3. The molecule has 1 aliphatic carbocycles. The average molecular weight is 519 g/mol. The number of amides is 1. The molecule has 2 aromatic rings. The maximum atomic E-state index is 12.9. The van der Waals surface area contributed by atoms with Crippen molar-refractivity contribution in [2.75, 3.05) is 31.6 Å². The number of carbonyl (C=O) groups is 1. The van der Waals surface area contributed by atoms with E-state index in [1.54, 1.807) is 24.3 Å². The van der Waals surface area contributed by atoms with Crippen molar-refractivity contribution in [1.29, 1.82) is 0 Å². The zero-order chi connectivity index (χ0) is 25.3. The van der Waals surface area contributed by atoms with E-state index in [0.29, 0.717) is 44.0 Å². The molecule has 1 unspecified atom stereocenters. The minimum Gasteiger partial charge on any atom is -0.490 e. The Morgan fingerprint density at radius 1 is 1.14 bits per heavy atom. The second kappa shape index (κ2) is 10.4. The normalized spacial score (nSPS) is 21.3. The predicted molar refractivity (Wildman–Crippen MR) is 132 cm³/mol. The Hall–Kier alpha value is -2.66. The average Bonchev–Trinajstić information content (AvgIpc) is 3.74. The van der Waals surface area contributed by atoms with Gasteiger partial charge in [-0.1, -0.05) is 11.6 Å². The molecular formula is C25H31ClN4O6. The van der Waals surface area contributed by atoms with Crippen LogP contribution in [0, 0.1) is 11.8 Å². The fourth-order valence-corrected chi connectivity index (χ4v) is 4.88. The minimum atomic E-state index is -2.29. The molecule has 3 heterocycles. The van der Waals surface area contributed by atoms with Gasteiger partial charge in [0.15, 0.2) is 0 Å². The van der Waals surface area contributed by atoms with E-state index in [2.05, 4.69) is 10.4 Å². The lowest BCUT2D eigenvalue weighted by Crippen LogP contribution is -2.49. The molecule has 3 fully saturated rings. The van der Waals surface area contributed by atoms with Crippen molar-refractivity contribution in [1.82, 2.24) is 14.7 Å². The predicted octanol–water partition coefficient (Wildman–Crippen LogP) is 2.14. The number of likely N-dealkylation sites (tertiary alicyclic amines) is 1. The van der Waals surface area contributed by atoms with Gasteiger partial charge in [-0.15, -0.1) is 0 Å². The molecule has 2 saturated heterocycles. The molecule has 1 atom stereocenters. The molecule has 194 valence electrons. The van der Waals surface area contributed by atoms with Gasteiger partial charge in [0.1, 0.15) is 16.9 Å². The smallest absolute Gasteiger partial charge is 0.292 e. The Morgan fingerprint density at radius 3 is 2.50 bits per heavy atom. The molecule has 0 spiro atoms. The summed E-state index contributed by atoms with van der Waals surface area (Å²) in [7, 11) is 0. The highest BCUT2D eigenvalue weighted by atomic mass is 35.5. The summed E-state index contributed by atoms with van der Waals surface area (Å²) in [5.41, 5.74) is -0.0794. The van der Waals surface area contributed by atoms with Crippen molar-refractivity contribution < 1.29 is 24.5 Å². The van der Waals surface area contributed by atoms with E-state index in [0.717, 1.165) is 30.4 Å². The minimum absolute atomic E-state index is 0.0277. The molecule has 5 rings (SSSR count). The van der Waals surface area contributed by atoms with Gasteiger partial charge in [0, 0.05) is 38.5 Å². The van der Waals surface area contributed by atoms with E-state index < -0.39 is 17.4 Å². The number of nitrogens with one attached hydrogen (secondary N) is 1. The maximum Gasteiger partial charge on any atom is 0.292 e. The number of benzene rings is 1. The lowest BCUT2D eigenvalue weighted by atomic mass is 9.98. The van der Waals surface area contributed by atoms with Gasteiger partial charge in [-0.05, 0) is 49.9 Å². The van der Waals surface area contributed by atoms with Crippen LogP contribution in [0.3, 0.4) is 0 Å². The van der Waals surface area contributed by atoms with E-state index in [4.69, 9.17) is 21.1 Å². The van der Waals surface area contributed by atoms with Gasteiger partial charge in [0.2, 0.25) is 11.8 Å². The number of hydrogen-bond acceptors (Lipinski definition) is 8. The first kappa shape index (κ1) is 25.0. The fourth-order valence-electron chi connectivity index (χ4n) is 4.70. The number of piperidine rings is 1. The van der Waals surface area contributed by atoms with Crippen LogP contribution in [-0.2, 0) is 9.53 Å². The molecule has 0 bridgehead atoms. The number of halogens is 1. The summed E-state index contributed by atoms with van der Waals surface area (Å²) < 4.78 is 12.5. The Bertz CT molecular complexity index is 1140. The van der Waals surface area contributed by atoms with Crippen LogP contribution in [-0.4, -0.2) is 69.1 Å². The van der Waals surface area contributed by atoms with Crippen molar-refractivity contribution in [3.05, 3.63) is 45.8 Å². The summed E-state index contributed by atoms with van der Waals surface area (Å²) in [5.74, 6) is -1.66. The van der Waals surface area contributed by atoms with Crippen LogP contribution < -0.4 is 15.6 Å². The summed E-state index contributed by atoms with van der Waals surface area (Å²) in [4.78, 5) is 27.0. The molecule has 1 aromatic carbocycles. The highest BCUT2D eigenvalue weighted by Gasteiger charge is 2.37. The van der Waals surface area contributed by atoms with Crippen LogP contribution in [0.4, 0.5) is 5.69 Å². The summed E-state index contributed by atoms with van der Waals surface area (Å²) in [6.45, 7) is 2.20. The van der Waals surface area contributed by atoms with E-state index in [1.807, 2.05) is 4.90 Å². The third-order valence-electron chi connectivity index (χ3n) is 7.03. The first-order valence-corrected chi connectivity index (χ1v) is 12.8. The zero-order valence-electron chi connectivity index (χ0n) is 19.9. The third kappa shape index (κ3) is 5.51. The number of aromatic nitrogens is 2. The Morgan fingerprint density at radius 2 is 1.86 bits per heavy atom. The largest absolute Gasteiger partial charge is 0.490 e. The van der Waals surface area contributed by atoms with Crippen molar-refractivity contribution in [3.63, 3.8) is 0 Å². The summed E-state index contributed by atoms with van der Waals surface area (Å²) in [5, 5.41) is 27.4. The first-order chi connectivity index (χ1) is 17.3. The molecule has 1 aromatic heterocycles. The summed E-state index contributed by atoms with van der Waals surface area (Å²) >= 11 is 6.27. The van der Waals surface area contributed by atoms with E-state index in [9.17, 15) is 19.8 Å². The maximum absolute atomic E-state index is 12.9. The molecule has 1 saturated carbocycles. The van der Waals surface area contributed by atoms with Gasteiger partial charge in [0.25, 0.3) is 5.56 Å². The fraction of sp³-hybridized carbons (Fsp3) is 0.560. The van der Waals surface area contributed by atoms with Crippen molar-refractivity contribution in [3.8, 4) is 11.4 Å². The number of aliphatic hydroxyl groups is 2. The lowest BCUT2D eigenvalue weighted by molar-refractivity contribution is -0.199. The summed E-state index contributed by atoms with van der Waals surface area (Å²) in [6.07, 6.45) is 6.20. The van der Waals surface area contributed by atoms with Gasteiger partial charge in [0.05, 0.1) is 30.1 Å². The Kier molecular flexibility index (Phi) is 7.21. The van der Waals surface area contributed by atoms with Crippen LogP contribution in [0.5, 0.6) is 5.75 Å². The lowest BCUT2D eigenvalue weighted by Gasteiger charge is -2.34. The van der Waals surface area contributed by atoms with Gasteiger partial charge in [-0.25, -0.2) is 0 Å². The molecule has 10 nitrogen and oxygen atoms in total. The first-order valence-electron chi connectivity index (χ1n) is 12.5. The van der Waals surface area contributed by atoms with Crippen molar-refractivity contribution in [2.45, 2.75) is 50.5 Å². The Balaban J connectivity index is 1.21. The zero-order valence-corrected chi connectivity index (χ0v) is 20.7. The quantitative estimate of drug-likeness (QED) is 0.476. The van der Waals surface area contributed by atoms with E-state index >= 15 is 0 Å². The van der Waals surface area contributed by atoms with Gasteiger partial charge >= 0.3 is 0 Å². The number of anilines is 1. The number of ether oxygens (including phenoxy) is 2. The van der Waals surface area contributed by atoms with Crippen LogP contribution in [0.2, 0.25) is 5.02 Å². The van der Waals surface area contributed by atoms with Crippen LogP contribution in [0.15, 0.2) is 35.3 Å². The van der Waals surface area contributed by atoms with Crippen LogP contribution >= 0.6 is 11.6 Å². The van der Waals surface area contributed by atoms with Crippen LogP contribution in [0.1, 0.15) is 38.5 Å². The second-order valence-electron chi connectivity index (χ2n) is 9.77. The molecule has 2 aliphatic heterocycles. The molecule has 3 N–H and O–H groups in total. The highest BCUT2D eigenvalue weighted by molar-refractivity contribution is 6.33. The number of carbonyl (C=O) groups excluding carboxylic acids is 1. The SMILES string of the molecule is O=C(C1CC1)N1CCC(Oc2ccc(-n3ncc(NC(O)(O)C4CCCOC4)c(Cl)c3=O)cc2)CC1. The standard InChI is InChI=1S/C25H31ClN4O6/c26-22-21(28-25(33,34)17-2-1-13-35-15-17)14-27-30(24(22)32)18-5-7-19(8-6-18)36-20-9-11-29(12-10-20)23(31)16-3-4-16/h5-8,14,16-17,20,28,33-34H,1-4,9-13,15H2. The molecular weight excluding hydrogens is 488 g/mol. The monoisotopic (exact) mass is 518 g/mol. The van der Waals surface area contributed by atoms with Crippen molar-refractivity contribution >= 4 is 23.2 Å². The third-order valence-corrected chi connectivity index (χ3v) is 7.40. The van der Waals surface area contributed by atoms with Crippen LogP contribution in [0.25, 0.3) is 5.69 Å². The number of hydrogen-bond donors (Lipinski definition) is 3. The molecule has 11 heteroatoms. The molecule has 3 aliphatic rings. The summed E-state index contributed by atoms with van der Waals surface area (Å²) in [6, 6.07) is 6.95. The second-order valence-corrected chi connectivity index (χ2v) is 10.1. The highest BCUT2D eigenvalue weighted by Crippen LogP contribution is 2.32. The van der Waals surface area contributed by atoms with E-state index in [1.165, 1.54) is 6.20 Å². The van der Waals surface area contributed by atoms with E-state index in [-0.39, 0.29) is 35.2 Å².